The van der Waals surface area contributed by atoms with Crippen molar-refractivity contribution in [3.05, 3.63) is 42.7 Å². The predicted octanol–water partition coefficient (Wildman–Crippen LogP) is 1.65. The third-order valence-electron chi connectivity index (χ3n) is 3.87. The summed E-state index contributed by atoms with van der Waals surface area (Å²) in [7, 11) is -3.45. The fourth-order valence-electron chi connectivity index (χ4n) is 2.53. The number of carbonyl (C=O) groups excluding carboxylic acids is 1. The summed E-state index contributed by atoms with van der Waals surface area (Å²) in [4.78, 5) is 12.2. The van der Waals surface area contributed by atoms with Crippen LogP contribution in [0.15, 0.2) is 47.6 Å². The molecule has 7 nitrogen and oxygen atoms in total. The maximum atomic E-state index is 12.2. The van der Waals surface area contributed by atoms with Crippen LogP contribution in [0.4, 0.5) is 5.69 Å². The van der Waals surface area contributed by atoms with Crippen LogP contribution in [-0.4, -0.2) is 43.1 Å². The van der Waals surface area contributed by atoms with Gasteiger partial charge in [0.15, 0.2) is 9.84 Å². The van der Waals surface area contributed by atoms with E-state index in [4.69, 9.17) is 4.74 Å². The molecule has 1 saturated heterocycles. The fraction of sp³-hybridized carbons (Fsp3) is 0.375. The number of nitrogens with one attached hydrogen (secondary N) is 1. The van der Waals surface area contributed by atoms with Gasteiger partial charge in [-0.15, -0.1) is 0 Å². The lowest BCUT2D eigenvalue weighted by Crippen LogP contribution is -2.17. The molecule has 1 aromatic heterocycles. The highest BCUT2D eigenvalue weighted by atomic mass is 32.2. The van der Waals surface area contributed by atoms with E-state index in [1.165, 1.54) is 12.1 Å². The molecule has 24 heavy (non-hydrogen) atoms. The van der Waals surface area contributed by atoms with Crippen LogP contribution in [0.5, 0.6) is 0 Å². The Labute approximate surface area is 140 Å². The Morgan fingerprint density at radius 3 is 2.83 bits per heavy atom. The molecule has 3 rings (SSSR count). The molecule has 0 radical (unpaired) electrons. The summed E-state index contributed by atoms with van der Waals surface area (Å²) in [6.07, 6.45) is 4.09. The molecule has 1 aromatic carbocycles. The third kappa shape index (κ3) is 4.01. The van der Waals surface area contributed by atoms with Crippen LogP contribution in [0.1, 0.15) is 18.9 Å². The second-order valence-electron chi connectivity index (χ2n) is 5.66. The SMILES string of the molecule is O=C(CCS(=O)(=O)c1ccccc1)Nc1cnn([C@@H]2CCOC2)c1. The number of aromatic nitrogens is 2. The van der Waals surface area contributed by atoms with Crippen LogP contribution in [0, 0.1) is 0 Å². The van der Waals surface area contributed by atoms with Gasteiger partial charge in [0.05, 0.1) is 35.2 Å². The van der Waals surface area contributed by atoms with Crippen LogP contribution in [0.3, 0.4) is 0 Å². The monoisotopic (exact) mass is 349 g/mol. The van der Waals surface area contributed by atoms with Gasteiger partial charge in [0, 0.05) is 19.2 Å². The molecule has 0 saturated carbocycles. The van der Waals surface area contributed by atoms with Gasteiger partial charge in [-0.05, 0) is 18.6 Å². The molecule has 1 atom stereocenters. The number of rotatable bonds is 6. The van der Waals surface area contributed by atoms with Crippen molar-refractivity contribution in [2.45, 2.75) is 23.8 Å². The van der Waals surface area contributed by atoms with Gasteiger partial charge in [0.25, 0.3) is 0 Å². The molecular formula is C16H19N3O4S. The molecule has 0 unspecified atom stereocenters. The quantitative estimate of drug-likeness (QED) is 0.856. The summed E-state index contributed by atoms with van der Waals surface area (Å²) in [5.41, 5.74) is 0.559. The lowest BCUT2D eigenvalue weighted by molar-refractivity contribution is -0.115. The van der Waals surface area contributed by atoms with Crippen molar-refractivity contribution in [3.63, 3.8) is 0 Å². The number of anilines is 1. The van der Waals surface area contributed by atoms with E-state index in [0.717, 1.165) is 6.42 Å². The van der Waals surface area contributed by atoms with E-state index in [-0.39, 0.29) is 29.0 Å². The smallest absolute Gasteiger partial charge is 0.225 e. The zero-order valence-corrected chi connectivity index (χ0v) is 13.9. The summed E-state index contributed by atoms with van der Waals surface area (Å²) in [6, 6.07) is 8.32. The van der Waals surface area contributed by atoms with Gasteiger partial charge in [-0.25, -0.2) is 8.42 Å². The Kier molecular flexibility index (Phi) is 4.96. The molecule has 8 heteroatoms. The first-order valence-corrected chi connectivity index (χ1v) is 9.39. The van der Waals surface area contributed by atoms with E-state index in [0.29, 0.717) is 18.9 Å². The van der Waals surface area contributed by atoms with E-state index in [9.17, 15) is 13.2 Å². The van der Waals surface area contributed by atoms with Gasteiger partial charge in [0.2, 0.25) is 5.91 Å². The Morgan fingerprint density at radius 2 is 2.12 bits per heavy atom. The van der Waals surface area contributed by atoms with E-state index in [1.54, 1.807) is 35.3 Å². The van der Waals surface area contributed by atoms with Crippen molar-refractivity contribution in [2.75, 3.05) is 24.3 Å². The van der Waals surface area contributed by atoms with Crippen LogP contribution >= 0.6 is 0 Å². The summed E-state index contributed by atoms with van der Waals surface area (Å²) in [5.74, 6) is -0.579. The van der Waals surface area contributed by atoms with Gasteiger partial charge in [-0.1, -0.05) is 18.2 Å². The molecule has 1 fully saturated rings. The van der Waals surface area contributed by atoms with Crippen LogP contribution < -0.4 is 5.32 Å². The highest BCUT2D eigenvalue weighted by Gasteiger charge is 2.19. The fourth-order valence-corrected chi connectivity index (χ4v) is 3.79. The number of hydrogen-bond donors (Lipinski definition) is 1. The van der Waals surface area contributed by atoms with Crippen molar-refractivity contribution in [3.8, 4) is 0 Å². The summed E-state index contributed by atoms with van der Waals surface area (Å²) >= 11 is 0. The van der Waals surface area contributed by atoms with Crippen molar-refractivity contribution in [2.24, 2.45) is 0 Å². The molecule has 1 aliphatic heterocycles. The van der Waals surface area contributed by atoms with E-state index in [1.807, 2.05) is 0 Å². The Morgan fingerprint density at radius 1 is 1.33 bits per heavy atom. The molecule has 0 aliphatic carbocycles. The zero-order valence-electron chi connectivity index (χ0n) is 13.1. The van der Waals surface area contributed by atoms with Crippen molar-refractivity contribution in [1.82, 2.24) is 9.78 Å². The lowest BCUT2D eigenvalue weighted by Gasteiger charge is -2.07. The standard InChI is InChI=1S/C16H19N3O4S/c20-16(7-9-24(21,22)15-4-2-1-3-5-15)18-13-10-17-19(11-13)14-6-8-23-12-14/h1-5,10-11,14H,6-9,12H2,(H,18,20)/t14-/m1/s1. The molecule has 1 amide bonds. The Balaban J connectivity index is 1.54. The van der Waals surface area contributed by atoms with Crippen molar-refractivity contribution < 1.29 is 17.9 Å². The van der Waals surface area contributed by atoms with Gasteiger partial charge < -0.3 is 10.1 Å². The summed E-state index contributed by atoms with van der Waals surface area (Å²) in [5, 5.41) is 6.89. The first-order chi connectivity index (χ1) is 11.5. The van der Waals surface area contributed by atoms with Gasteiger partial charge in [-0.2, -0.15) is 5.10 Å². The number of carbonyl (C=O) groups is 1. The van der Waals surface area contributed by atoms with Gasteiger partial charge in [0.1, 0.15) is 0 Å². The number of nitrogens with zero attached hydrogens (tertiary/aromatic N) is 2. The largest absolute Gasteiger partial charge is 0.379 e. The third-order valence-corrected chi connectivity index (χ3v) is 5.60. The molecule has 0 bridgehead atoms. The zero-order chi connectivity index (χ0) is 17.0. The Bertz CT molecular complexity index is 796. The molecule has 1 aliphatic rings. The van der Waals surface area contributed by atoms with E-state index >= 15 is 0 Å². The average molecular weight is 349 g/mol. The highest BCUT2D eigenvalue weighted by Crippen LogP contribution is 2.19. The summed E-state index contributed by atoms with van der Waals surface area (Å²) in [6.45, 7) is 1.33. The van der Waals surface area contributed by atoms with Crippen LogP contribution in [0.25, 0.3) is 0 Å². The minimum Gasteiger partial charge on any atom is -0.379 e. The van der Waals surface area contributed by atoms with Gasteiger partial charge >= 0.3 is 0 Å². The molecular weight excluding hydrogens is 330 g/mol. The minimum absolute atomic E-state index is 0.102. The second kappa shape index (κ2) is 7.14. The average Bonchev–Trinajstić information content (AvgIpc) is 3.25. The molecule has 2 aromatic rings. The van der Waals surface area contributed by atoms with Crippen LogP contribution in [-0.2, 0) is 19.4 Å². The van der Waals surface area contributed by atoms with E-state index in [2.05, 4.69) is 10.4 Å². The minimum atomic E-state index is -3.45. The maximum absolute atomic E-state index is 12.2. The van der Waals surface area contributed by atoms with Gasteiger partial charge in [-0.3, -0.25) is 9.48 Å². The van der Waals surface area contributed by atoms with Crippen molar-refractivity contribution >= 4 is 21.4 Å². The number of sulfone groups is 1. The number of benzene rings is 1. The van der Waals surface area contributed by atoms with Crippen LogP contribution in [0.2, 0.25) is 0 Å². The lowest BCUT2D eigenvalue weighted by atomic mass is 10.3. The maximum Gasteiger partial charge on any atom is 0.225 e. The summed E-state index contributed by atoms with van der Waals surface area (Å²) < 4.78 is 31.4. The molecule has 2 heterocycles. The molecule has 128 valence electrons. The molecule has 1 N–H and O–H groups in total. The van der Waals surface area contributed by atoms with E-state index < -0.39 is 9.84 Å². The van der Waals surface area contributed by atoms with Crippen molar-refractivity contribution in [1.29, 1.82) is 0 Å². The Hall–Kier alpha value is -2.19. The highest BCUT2D eigenvalue weighted by molar-refractivity contribution is 7.91. The number of ether oxygens (including phenoxy) is 1. The first kappa shape index (κ1) is 16.7. The molecule has 0 spiro atoms. The number of hydrogen-bond acceptors (Lipinski definition) is 5. The first-order valence-electron chi connectivity index (χ1n) is 7.74. The predicted molar refractivity (Wildman–Crippen MR) is 88.4 cm³/mol. The topological polar surface area (TPSA) is 90.3 Å². The normalized spacial score (nSPS) is 17.8. The second-order valence-corrected chi connectivity index (χ2v) is 7.77. The number of amides is 1.